The first-order valence-corrected chi connectivity index (χ1v) is 11.1. The third-order valence-corrected chi connectivity index (χ3v) is 6.45. The number of carbonyl (C=O) groups excluding carboxylic acids is 1. The number of nitro benzene ring substituents is 1. The lowest BCUT2D eigenvalue weighted by Gasteiger charge is -2.16. The van der Waals surface area contributed by atoms with Gasteiger partial charge in [0, 0.05) is 28.0 Å². The molecule has 0 aliphatic heterocycles. The Morgan fingerprint density at radius 2 is 1.71 bits per heavy atom. The van der Waals surface area contributed by atoms with E-state index in [0.717, 1.165) is 10.5 Å². The molecular formula is C23H17N3O3S2. The molecule has 0 saturated carbocycles. The van der Waals surface area contributed by atoms with Crippen molar-refractivity contribution in [3.05, 3.63) is 106 Å². The summed E-state index contributed by atoms with van der Waals surface area (Å²) in [6.07, 6.45) is 0. The molecule has 8 heteroatoms. The lowest BCUT2D eigenvalue weighted by Crippen LogP contribution is -2.18. The number of nitrogens with zero attached hydrogens (tertiary/aromatic N) is 2. The van der Waals surface area contributed by atoms with E-state index in [2.05, 4.69) is 10.3 Å². The predicted octanol–water partition coefficient (Wildman–Crippen LogP) is 6.19. The molecule has 31 heavy (non-hydrogen) atoms. The maximum atomic E-state index is 13.2. The van der Waals surface area contributed by atoms with Gasteiger partial charge in [-0.05, 0) is 17.7 Å². The number of anilines is 1. The molecule has 0 bridgehead atoms. The number of hydrogen-bond donors (Lipinski definition) is 1. The zero-order valence-electron chi connectivity index (χ0n) is 16.2. The molecule has 4 aromatic rings. The number of benzene rings is 3. The number of amides is 1. The summed E-state index contributed by atoms with van der Waals surface area (Å²) in [5, 5.41) is 15.7. The first-order chi connectivity index (χ1) is 15.1. The second kappa shape index (κ2) is 9.55. The molecule has 0 spiro atoms. The van der Waals surface area contributed by atoms with Crippen molar-refractivity contribution >= 4 is 39.8 Å². The van der Waals surface area contributed by atoms with Gasteiger partial charge in [0.1, 0.15) is 5.25 Å². The summed E-state index contributed by atoms with van der Waals surface area (Å²) in [6, 6.07) is 25.6. The van der Waals surface area contributed by atoms with Crippen molar-refractivity contribution in [1.82, 2.24) is 4.98 Å². The fraction of sp³-hybridized carbons (Fsp3) is 0.0435. The number of aromatic nitrogens is 1. The van der Waals surface area contributed by atoms with Crippen molar-refractivity contribution in [2.75, 3.05) is 5.32 Å². The monoisotopic (exact) mass is 447 g/mol. The van der Waals surface area contributed by atoms with E-state index in [1.165, 1.54) is 35.2 Å². The van der Waals surface area contributed by atoms with Crippen LogP contribution in [0.4, 0.5) is 10.8 Å². The summed E-state index contributed by atoms with van der Waals surface area (Å²) in [5.74, 6) is -0.181. The van der Waals surface area contributed by atoms with Crippen LogP contribution >= 0.6 is 23.1 Å². The first-order valence-electron chi connectivity index (χ1n) is 9.38. The van der Waals surface area contributed by atoms with Crippen molar-refractivity contribution in [2.24, 2.45) is 0 Å². The molecule has 1 aromatic heterocycles. The average Bonchev–Trinajstić information content (AvgIpc) is 3.27. The Hall–Kier alpha value is -3.49. The number of nitro groups is 1. The molecule has 0 saturated heterocycles. The lowest BCUT2D eigenvalue weighted by atomic mass is 10.1. The van der Waals surface area contributed by atoms with Crippen LogP contribution in [0.15, 0.2) is 95.2 Å². The number of rotatable bonds is 7. The molecular weight excluding hydrogens is 430 g/mol. The highest BCUT2D eigenvalue weighted by Crippen LogP contribution is 2.36. The average molecular weight is 448 g/mol. The molecule has 6 nitrogen and oxygen atoms in total. The summed E-state index contributed by atoms with van der Waals surface area (Å²) >= 11 is 2.75. The standard InChI is InChI=1S/C23H17N3O3S2/c27-22(21(16-8-3-1-4-9-16)31-19-12-5-2-6-13-19)25-23-24-20(15-30-23)17-10-7-11-18(14-17)26(28)29/h1-15,21H,(H,24,25,27)/t21-/m1/s1. The minimum absolute atomic E-state index is 0.000474. The largest absolute Gasteiger partial charge is 0.301 e. The van der Waals surface area contributed by atoms with E-state index in [1.54, 1.807) is 17.5 Å². The first kappa shape index (κ1) is 20.8. The molecule has 1 atom stereocenters. The molecule has 0 aliphatic carbocycles. The summed E-state index contributed by atoms with van der Waals surface area (Å²) in [5.41, 5.74) is 2.10. The van der Waals surface area contributed by atoms with E-state index in [4.69, 9.17) is 0 Å². The summed E-state index contributed by atoms with van der Waals surface area (Å²) in [7, 11) is 0. The van der Waals surface area contributed by atoms with Gasteiger partial charge < -0.3 is 5.32 Å². The maximum absolute atomic E-state index is 13.2. The highest BCUT2D eigenvalue weighted by molar-refractivity contribution is 8.00. The number of non-ortho nitro benzene ring substituents is 1. The molecule has 0 aliphatic rings. The van der Waals surface area contributed by atoms with Crippen LogP contribution in [-0.4, -0.2) is 15.8 Å². The van der Waals surface area contributed by atoms with Crippen molar-refractivity contribution in [3.63, 3.8) is 0 Å². The highest BCUT2D eigenvalue weighted by Gasteiger charge is 2.23. The van der Waals surface area contributed by atoms with E-state index in [1.807, 2.05) is 60.7 Å². The molecule has 1 amide bonds. The van der Waals surface area contributed by atoms with Crippen LogP contribution < -0.4 is 5.32 Å². The van der Waals surface area contributed by atoms with Gasteiger partial charge in [0.25, 0.3) is 5.69 Å². The number of nitrogens with one attached hydrogen (secondary N) is 1. The predicted molar refractivity (Wildman–Crippen MR) is 124 cm³/mol. The van der Waals surface area contributed by atoms with Gasteiger partial charge >= 0.3 is 0 Å². The summed E-state index contributed by atoms with van der Waals surface area (Å²) < 4.78 is 0. The van der Waals surface area contributed by atoms with Crippen molar-refractivity contribution in [2.45, 2.75) is 10.1 Å². The Kier molecular flexibility index (Phi) is 6.40. The zero-order valence-corrected chi connectivity index (χ0v) is 17.8. The molecule has 1 N–H and O–H groups in total. The minimum atomic E-state index is -0.450. The van der Waals surface area contributed by atoms with Gasteiger partial charge in [0.2, 0.25) is 5.91 Å². The Balaban J connectivity index is 1.55. The fourth-order valence-electron chi connectivity index (χ4n) is 2.95. The van der Waals surface area contributed by atoms with Crippen LogP contribution in [0.25, 0.3) is 11.3 Å². The lowest BCUT2D eigenvalue weighted by molar-refractivity contribution is -0.384. The smallest absolute Gasteiger partial charge is 0.270 e. The molecule has 0 unspecified atom stereocenters. The molecule has 0 fully saturated rings. The molecule has 1 heterocycles. The van der Waals surface area contributed by atoms with Gasteiger partial charge in [0.05, 0.1) is 10.6 Å². The topological polar surface area (TPSA) is 85.1 Å². The third-order valence-electron chi connectivity index (χ3n) is 4.42. The van der Waals surface area contributed by atoms with Crippen LogP contribution in [0.3, 0.4) is 0 Å². The van der Waals surface area contributed by atoms with Crippen LogP contribution in [-0.2, 0) is 4.79 Å². The second-order valence-corrected chi connectivity index (χ2v) is 8.59. The fourth-order valence-corrected chi connectivity index (χ4v) is 4.72. The van der Waals surface area contributed by atoms with Crippen molar-refractivity contribution < 1.29 is 9.72 Å². The number of thioether (sulfide) groups is 1. The third kappa shape index (κ3) is 5.17. The number of thiazole rings is 1. The molecule has 3 aromatic carbocycles. The highest BCUT2D eigenvalue weighted by atomic mass is 32.2. The van der Waals surface area contributed by atoms with Crippen molar-refractivity contribution in [1.29, 1.82) is 0 Å². The van der Waals surface area contributed by atoms with Crippen LogP contribution in [0.1, 0.15) is 10.8 Å². The van der Waals surface area contributed by atoms with E-state index < -0.39 is 10.2 Å². The SMILES string of the molecule is O=C(Nc1nc(-c2cccc([N+](=O)[O-])c2)cs1)[C@H](Sc1ccccc1)c1ccccc1. The minimum Gasteiger partial charge on any atom is -0.301 e. The zero-order chi connectivity index (χ0) is 21.6. The van der Waals surface area contributed by atoms with Gasteiger partial charge in [0.15, 0.2) is 5.13 Å². The molecule has 154 valence electrons. The second-order valence-electron chi connectivity index (χ2n) is 6.56. The Labute approximate surface area is 187 Å². The van der Waals surface area contributed by atoms with Gasteiger partial charge in [-0.25, -0.2) is 4.98 Å². The van der Waals surface area contributed by atoms with Crippen LogP contribution in [0, 0.1) is 10.1 Å². The number of hydrogen-bond acceptors (Lipinski definition) is 6. The maximum Gasteiger partial charge on any atom is 0.270 e. The van der Waals surface area contributed by atoms with Gasteiger partial charge in [-0.1, -0.05) is 60.7 Å². The van der Waals surface area contributed by atoms with E-state index in [-0.39, 0.29) is 11.6 Å². The Bertz CT molecular complexity index is 1200. The van der Waals surface area contributed by atoms with E-state index in [0.29, 0.717) is 16.4 Å². The van der Waals surface area contributed by atoms with Crippen molar-refractivity contribution in [3.8, 4) is 11.3 Å². The Morgan fingerprint density at radius 3 is 2.42 bits per heavy atom. The molecule has 0 radical (unpaired) electrons. The number of carbonyl (C=O) groups is 1. The summed E-state index contributed by atoms with van der Waals surface area (Å²) in [4.78, 5) is 29.2. The van der Waals surface area contributed by atoms with E-state index in [9.17, 15) is 14.9 Å². The summed E-state index contributed by atoms with van der Waals surface area (Å²) in [6.45, 7) is 0. The van der Waals surface area contributed by atoms with E-state index >= 15 is 0 Å². The van der Waals surface area contributed by atoms with Crippen LogP contribution in [0.2, 0.25) is 0 Å². The van der Waals surface area contributed by atoms with Gasteiger partial charge in [-0.2, -0.15) is 0 Å². The normalized spacial score (nSPS) is 11.6. The van der Waals surface area contributed by atoms with Gasteiger partial charge in [-0.3, -0.25) is 14.9 Å². The molecule has 4 rings (SSSR count). The quantitative estimate of drug-likeness (QED) is 0.207. The van der Waals surface area contributed by atoms with Gasteiger partial charge in [-0.15, -0.1) is 23.1 Å². The Morgan fingerprint density at radius 1 is 1.00 bits per heavy atom. The van der Waals surface area contributed by atoms with Crippen LogP contribution in [0.5, 0.6) is 0 Å².